The number of fused-ring (bicyclic) bond motifs is 1. The van der Waals surface area contributed by atoms with E-state index in [1.54, 1.807) is 24.0 Å². The van der Waals surface area contributed by atoms with E-state index in [9.17, 15) is 14.4 Å². The number of halogens is 1. The van der Waals surface area contributed by atoms with Gasteiger partial charge in [0.25, 0.3) is 5.91 Å². The van der Waals surface area contributed by atoms with Crippen molar-refractivity contribution < 1.29 is 19.1 Å². The molecule has 30 heavy (non-hydrogen) atoms. The second kappa shape index (κ2) is 8.23. The molecule has 0 aliphatic carbocycles. The molecule has 0 saturated carbocycles. The van der Waals surface area contributed by atoms with E-state index in [1.165, 1.54) is 28.4 Å². The molecule has 11 heteroatoms. The van der Waals surface area contributed by atoms with Crippen molar-refractivity contribution in [3.8, 4) is 0 Å². The van der Waals surface area contributed by atoms with Crippen LogP contribution in [0.1, 0.15) is 35.8 Å². The summed E-state index contributed by atoms with van der Waals surface area (Å²) in [4.78, 5) is 54.5. The molecule has 4 rings (SSSR count). The standard InChI is InChI=1S/C19H19ClN6O4/c1-2-14(27)24-7-9-25(10-8-24)19(29)30-18-16-15(21-5-6-22-16)17(28)26(18)13-4-3-12(20)11-23-13/h3-6,11,18H,2,7-10H2,1H3/t18-/m0/s1. The minimum absolute atomic E-state index is 0.0496. The van der Waals surface area contributed by atoms with Gasteiger partial charge in [0.2, 0.25) is 12.1 Å². The highest BCUT2D eigenvalue weighted by molar-refractivity contribution is 6.30. The third-order valence-electron chi connectivity index (χ3n) is 4.98. The van der Waals surface area contributed by atoms with Crippen LogP contribution in [0.15, 0.2) is 30.7 Å². The Labute approximate surface area is 177 Å². The maximum Gasteiger partial charge on any atom is 0.412 e. The quantitative estimate of drug-likeness (QED) is 0.731. The van der Waals surface area contributed by atoms with Crippen molar-refractivity contribution in [2.75, 3.05) is 31.1 Å². The SMILES string of the molecule is CCC(=O)N1CCN(C(=O)O[C@H]2c3nccnc3C(=O)N2c2ccc(Cl)cn2)CC1. The predicted octanol–water partition coefficient (Wildman–Crippen LogP) is 1.87. The van der Waals surface area contributed by atoms with Gasteiger partial charge in [-0.3, -0.25) is 14.6 Å². The zero-order valence-electron chi connectivity index (χ0n) is 16.2. The van der Waals surface area contributed by atoms with Crippen LogP contribution in [0.5, 0.6) is 0 Å². The number of carbonyl (C=O) groups is 3. The Balaban J connectivity index is 1.55. The third kappa shape index (κ3) is 3.65. The second-order valence-corrected chi connectivity index (χ2v) is 7.19. The van der Waals surface area contributed by atoms with E-state index < -0.39 is 18.2 Å². The number of piperazine rings is 1. The van der Waals surface area contributed by atoms with Gasteiger partial charge in [0.05, 0.1) is 5.02 Å². The van der Waals surface area contributed by atoms with E-state index in [1.807, 2.05) is 0 Å². The van der Waals surface area contributed by atoms with Crippen molar-refractivity contribution in [2.45, 2.75) is 19.6 Å². The van der Waals surface area contributed by atoms with Crippen molar-refractivity contribution in [1.82, 2.24) is 24.8 Å². The van der Waals surface area contributed by atoms with Gasteiger partial charge in [0.15, 0.2) is 5.69 Å². The molecule has 156 valence electrons. The summed E-state index contributed by atoms with van der Waals surface area (Å²) in [5.41, 5.74) is 0.345. The first-order valence-corrected chi connectivity index (χ1v) is 9.86. The Kier molecular flexibility index (Phi) is 5.49. The van der Waals surface area contributed by atoms with Gasteiger partial charge in [-0.1, -0.05) is 18.5 Å². The highest BCUT2D eigenvalue weighted by atomic mass is 35.5. The molecule has 1 saturated heterocycles. The van der Waals surface area contributed by atoms with Gasteiger partial charge in [0, 0.05) is 51.2 Å². The van der Waals surface area contributed by atoms with Gasteiger partial charge in [-0.25, -0.2) is 19.7 Å². The monoisotopic (exact) mass is 430 g/mol. The summed E-state index contributed by atoms with van der Waals surface area (Å²) in [6, 6.07) is 3.14. The van der Waals surface area contributed by atoms with Crippen LogP contribution in [0.25, 0.3) is 0 Å². The lowest BCUT2D eigenvalue weighted by Gasteiger charge is -2.35. The van der Waals surface area contributed by atoms with Crippen LogP contribution >= 0.6 is 11.6 Å². The molecule has 1 fully saturated rings. The Morgan fingerprint density at radius 2 is 1.80 bits per heavy atom. The molecule has 2 aromatic heterocycles. The molecule has 0 bridgehead atoms. The number of pyridine rings is 1. The number of hydrogen-bond acceptors (Lipinski definition) is 7. The number of carbonyl (C=O) groups excluding carboxylic acids is 3. The molecular formula is C19H19ClN6O4. The number of rotatable bonds is 3. The first-order chi connectivity index (χ1) is 14.5. The average Bonchev–Trinajstić information content (AvgIpc) is 3.05. The second-order valence-electron chi connectivity index (χ2n) is 6.76. The molecule has 2 aliphatic rings. The number of ether oxygens (including phenoxy) is 1. The fraction of sp³-hybridized carbons (Fsp3) is 0.368. The van der Waals surface area contributed by atoms with E-state index in [0.717, 1.165) is 0 Å². The summed E-state index contributed by atoms with van der Waals surface area (Å²) in [5.74, 6) is -0.155. The van der Waals surface area contributed by atoms with Crippen LogP contribution in [-0.2, 0) is 9.53 Å². The van der Waals surface area contributed by atoms with Gasteiger partial charge in [-0.2, -0.15) is 0 Å². The van der Waals surface area contributed by atoms with E-state index in [0.29, 0.717) is 37.6 Å². The zero-order chi connectivity index (χ0) is 21.3. The Morgan fingerprint density at radius 3 is 2.47 bits per heavy atom. The molecule has 0 aromatic carbocycles. The molecule has 3 amide bonds. The number of hydrogen-bond donors (Lipinski definition) is 0. The molecule has 0 radical (unpaired) electrons. The first kappa shape index (κ1) is 20.0. The molecule has 2 aromatic rings. The van der Waals surface area contributed by atoms with Crippen LogP contribution in [-0.4, -0.2) is 68.8 Å². The number of nitrogens with zero attached hydrogens (tertiary/aromatic N) is 6. The molecule has 0 N–H and O–H groups in total. The fourth-order valence-electron chi connectivity index (χ4n) is 3.41. The van der Waals surface area contributed by atoms with Gasteiger partial charge in [0.1, 0.15) is 11.5 Å². The average molecular weight is 431 g/mol. The smallest absolute Gasteiger partial charge is 0.412 e. The van der Waals surface area contributed by atoms with E-state index in [4.69, 9.17) is 16.3 Å². The van der Waals surface area contributed by atoms with Crippen LogP contribution in [0, 0.1) is 0 Å². The number of amides is 3. The lowest BCUT2D eigenvalue weighted by Crippen LogP contribution is -2.51. The van der Waals surface area contributed by atoms with Crippen LogP contribution in [0.4, 0.5) is 10.6 Å². The molecular weight excluding hydrogens is 412 g/mol. The number of anilines is 1. The van der Waals surface area contributed by atoms with Gasteiger partial charge in [-0.15, -0.1) is 0 Å². The van der Waals surface area contributed by atoms with Crippen molar-refractivity contribution >= 4 is 35.3 Å². The van der Waals surface area contributed by atoms with E-state index >= 15 is 0 Å². The zero-order valence-corrected chi connectivity index (χ0v) is 16.9. The minimum atomic E-state index is -1.10. The first-order valence-electron chi connectivity index (χ1n) is 9.49. The highest BCUT2D eigenvalue weighted by Gasteiger charge is 2.44. The maximum atomic E-state index is 12.9. The third-order valence-corrected chi connectivity index (χ3v) is 5.20. The molecule has 1 atom stereocenters. The summed E-state index contributed by atoms with van der Waals surface area (Å²) in [5, 5.41) is 0.409. The summed E-state index contributed by atoms with van der Waals surface area (Å²) < 4.78 is 5.68. The summed E-state index contributed by atoms with van der Waals surface area (Å²) >= 11 is 5.90. The van der Waals surface area contributed by atoms with Crippen molar-refractivity contribution in [2.24, 2.45) is 0 Å². The molecule has 10 nitrogen and oxygen atoms in total. The lowest BCUT2D eigenvalue weighted by atomic mass is 10.3. The number of aromatic nitrogens is 3. The van der Waals surface area contributed by atoms with E-state index in [2.05, 4.69) is 15.0 Å². The minimum Gasteiger partial charge on any atom is -0.419 e. The van der Waals surface area contributed by atoms with Crippen LogP contribution in [0.3, 0.4) is 0 Å². The Morgan fingerprint density at radius 1 is 1.10 bits per heavy atom. The highest BCUT2D eigenvalue weighted by Crippen LogP contribution is 2.35. The lowest BCUT2D eigenvalue weighted by molar-refractivity contribution is -0.132. The molecule has 0 unspecified atom stereocenters. The largest absolute Gasteiger partial charge is 0.419 e. The van der Waals surface area contributed by atoms with Crippen molar-refractivity contribution in [3.05, 3.63) is 47.1 Å². The predicted molar refractivity (Wildman–Crippen MR) is 106 cm³/mol. The summed E-state index contributed by atoms with van der Waals surface area (Å²) in [6.45, 7) is 3.36. The summed E-state index contributed by atoms with van der Waals surface area (Å²) in [7, 11) is 0. The van der Waals surface area contributed by atoms with Gasteiger partial charge < -0.3 is 14.5 Å². The van der Waals surface area contributed by atoms with Gasteiger partial charge >= 0.3 is 6.09 Å². The van der Waals surface area contributed by atoms with Crippen molar-refractivity contribution in [3.63, 3.8) is 0 Å². The van der Waals surface area contributed by atoms with Crippen LogP contribution < -0.4 is 4.90 Å². The summed E-state index contributed by atoms with van der Waals surface area (Å²) in [6.07, 6.45) is 2.95. The van der Waals surface area contributed by atoms with Crippen LogP contribution in [0.2, 0.25) is 5.02 Å². The topological polar surface area (TPSA) is 109 Å². The molecule has 0 spiro atoms. The molecule has 4 heterocycles. The van der Waals surface area contributed by atoms with Crippen molar-refractivity contribution in [1.29, 1.82) is 0 Å². The Hall–Kier alpha value is -3.27. The molecule has 2 aliphatic heterocycles. The van der Waals surface area contributed by atoms with Gasteiger partial charge in [-0.05, 0) is 12.1 Å². The van der Waals surface area contributed by atoms with E-state index in [-0.39, 0.29) is 23.1 Å². The fourth-order valence-corrected chi connectivity index (χ4v) is 3.52. The normalized spacial score (nSPS) is 18.4. The maximum absolute atomic E-state index is 12.9. The Bertz CT molecular complexity index is 977.